The van der Waals surface area contributed by atoms with Crippen molar-refractivity contribution in [2.45, 2.75) is 64.4 Å². The Morgan fingerprint density at radius 3 is 2.67 bits per heavy atom. The largest absolute Gasteiger partial charge is 0.487 e. The molecule has 1 nitrogen and oxygen atoms in total. The van der Waals surface area contributed by atoms with Gasteiger partial charge in [0.15, 0.2) is 11.6 Å². The van der Waals surface area contributed by atoms with Crippen molar-refractivity contribution in [1.82, 2.24) is 0 Å². The topological polar surface area (TPSA) is 9.23 Å². The number of aryl methyl sites for hydroxylation is 1. The Kier molecular flexibility index (Phi) is 4.62. The fourth-order valence-electron chi connectivity index (χ4n) is 3.10. The summed E-state index contributed by atoms with van der Waals surface area (Å²) in [6.45, 7) is 1.87. The van der Waals surface area contributed by atoms with Crippen molar-refractivity contribution < 1.29 is 9.13 Å². The van der Waals surface area contributed by atoms with Crippen molar-refractivity contribution in [2.24, 2.45) is 5.92 Å². The summed E-state index contributed by atoms with van der Waals surface area (Å²) in [6.07, 6.45) is 14.4. The molecule has 0 N–H and O–H groups in total. The monoisotopic (exact) mass is 288 g/mol. The van der Waals surface area contributed by atoms with E-state index in [9.17, 15) is 4.39 Å². The number of hydrogen-bond donors (Lipinski definition) is 0. The van der Waals surface area contributed by atoms with Crippen molar-refractivity contribution in [3.8, 4) is 5.75 Å². The molecule has 2 fully saturated rings. The van der Waals surface area contributed by atoms with Crippen LogP contribution in [0.15, 0.2) is 24.3 Å². The average molecular weight is 288 g/mol. The van der Waals surface area contributed by atoms with Crippen LogP contribution in [0.2, 0.25) is 0 Å². The molecule has 2 aliphatic rings. The molecule has 1 aromatic carbocycles. The lowest BCUT2D eigenvalue weighted by atomic mass is 10.0. The second-order valence-electron chi connectivity index (χ2n) is 6.49. The standard InChI is InChI=1S/C19H25FO/c1-14-16(9-5-4-8-15-6-2-3-7-15)10-13-18(19(14)20)21-17-11-12-17/h4,8,10,13,15,17H,2-3,5-7,9,11-12H2,1H3/b8-4+. The van der Waals surface area contributed by atoms with Crippen molar-refractivity contribution in [2.75, 3.05) is 0 Å². The lowest BCUT2D eigenvalue weighted by molar-refractivity contribution is 0.286. The van der Waals surface area contributed by atoms with E-state index in [0.717, 1.165) is 42.7 Å². The number of halogens is 1. The van der Waals surface area contributed by atoms with E-state index in [4.69, 9.17) is 4.74 Å². The van der Waals surface area contributed by atoms with Gasteiger partial charge in [-0.05, 0) is 68.6 Å². The Balaban J connectivity index is 1.55. The zero-order valence-electron chi connectivity index (χ0n) is 12.9. The molecule has 0 bridgehead atoms. The first-order valence-corrected chi connectivity index (χ1v) is 8.35. The molecule has 3 rings (SSSR count). The van der Waals surface area contributed by atoms with Crippen LogP contribution in [0.1, 0.15) is 56.1 Å². The first-order chi connectivity index (χ1) is 10.2. The number of hydrogen-bond acceptors (Lipinski definition) is 1. The Morgan fingerprint density at radius 2 is 1.95 bits per heavy atom. The summed E-state index contributed by atoms with van der Waals surface area (Å²) in [6, 6.07) is 3.83. The van der Waals surface area contributed by atoms with E-state index >= 15 is 0 Å². The highest BCUT2D eigenvalue weighted by Crippen LogP contribution is 2.31. The van der Waals surface area contributed by atoms with Crippen LogP contribution < -0.4 is 4.74 Å². The van der Waals surface area contributed by atoms with Gasteiger partial charge in [-0.2, -0.15) is 0 Å². The van der Waals surface area contributed by atoms with Gasteiger partial charge in [0.1, 0.15) is 0 Å². The second-order valence-corrected chi connectivity index (χ2v) is 6.49. The number of allylic oxidation sites excluding steroid dienone is 2. The lowest BCUT2D eigenvalue weighted by Crippen LogP contribution is -2.02. The molecule has 0 heterocycles. The molecule has 0 aromatic heterocycles. The highest BCUT2D eigenvalue weighted by atomic mass is 19.1. The molecular weight excluding hydrogens is 263 g/mol. The molecule has 0 spiro atoms. The summed E-state index contributed by atoms with van der Waals surface area (Å²) in [5.74, 6) is 1.05. The van der Waals surface area contributed by atoms with Crippen molar-refractivity contribution >= 4 is 0 Å². The first-order valence-electron chi connectivity index (χ1n) is 8.35. The van der Waals surface area contributed by atoms with Crippen LogP contribution in [0.25, 0.3) is 0 Å². The lowest BCUT2D eigenvalue weighted by Gasteiger charge is -2.11. The van der Waals surface area contributed by atoms with Crippen LogP contribution in [0.5, 0.6) is 5.75 Å². The van der Waals surface area contributed by atoms with E-state index in [-0.39, 0.29) is 11.9 Å². The first kappa shape index (κ1) is 14.6. The van der Waals surface area contributed by atoms with Crippen LogP contribution in [0.3, 0.4) is 0 Å². The van der Waals surface area contributed by atoms with Gasteiger partial charge in [-0.3, -0.25) is 0 Å². The van der Waals surface area contributed by atoms with Gasteiger partial charge in [-0.15, -0.1) is 0 Å². The minimum Gasteiger partial charge on any atom is -0.487 e. The molecule has 2 saturated carbocycles. The fourth-order valence-corrected chi connectivity index (χ4v) is 3.10. The molecule has 114 valence electrons. The van der Waals surface area contributed by atoms with Gasteiger partial charge >= 0.3 is 0 Å². The summed E-state index contributed by atoms with van der Waals surface area (Å²) in [4.78, 5) is 0. The van der Waals surface area contributed by atoms with E-state index in [2.05, 4.69) is 12.2 Å². The molecule has 0 atom stereocenters. The van der Waals surface area contributed by atoms with E-state index in [1.807, 2.05) is 13.0 Å². The van der Waals surface area contributed by atoms with Gasteiger partial charge in [0, 0.05) is 0 Å². The normalized spacial score (nSPS) is 19.5. The SMILES string of the molecule is Cc1c(CC/C=C/C2CCCC2)ccc(OC2CC2)c1F. The third-order valence-corrected chi connectivity index (χ3v) is 4.67. The van der Waals surface area contributed by atoms with Crippen molar-refractivity contribution in [3.63, 3.8) is 0 Å². The van der Waals surface area contributed by atoms with E-state index in [0.29, 0.717) is 5.75 Å². The van der Waals surface area contributed by atoms with E-state index in [1.54, 1.807) is 6.07 Å². The maximum Gasteiger partial charge on any atom is 0.168 e. The van der Waals surface area contributed by atoms with Gasteiger partial charge < -0.3 is 4.74 Å². The third-order valence-electron chi connectivity index (χ3n) is 4.67. The van der Waals surface area contributed by atoms with E-state index in [1.165, 1.54) is 25.7 Å². The predicted octanol–water partition coefficient (Wildman–Crippen LogP) is 5.35. The fraction of sp³-hybridized carbons (Fsp3) is 0.579. The Hall–Kier alpha value is -1.31. The minimum atomic E-state index is -0.167. The highest BCUT2D eigenvalue weighted by Gasteiger charge is 2.25. The Morgan fingerprint density at radius 1 is 1.19 bits per heavy atom. The second kappa shape index (κ2) is 6.64. The maximum absolute atomic E-state index is 14.3. The van der Waals surface area contributed by atoms with Gasteiger partial charge in [-0.25, -0.2) is 4.39 Å². The molecular formula is C19H25FO. The zero-order valence-corrected chi connectivity index (χ0v) is 12.9. The smallest absolute Gasteiger partial charge is 0.168 e. The summed E-state index contributed by atoms with van der Waals surface area (Å²) in [5.41, 5.74) is 1.86. The molecule has 0 unspecified atom stereocenters. The number of benzene rings is 1. The zero-order chi connectivity index (χ0) is 14.7. The van der Waals surface area contributed by atoms with E-state index < -0.39 is 0 Å². The molecule has 0 radical (unpaired) electrons. The molecule has 21 heavy (non-hydrogen) atoms. The molecule has 1 aromatic rings. The third kappa shape index (κ3) is 3.87. The molecule has 0 saturated heterocycles. The maximum atomic E-state index is 14.3. The molecule has 2 heteroatoms. The Labute approximate surface area is 127 Å². The van der Waals surface area contributed by atoms with Crippen LogP contribution in [-0.2, 0) is 6.42 Å². The molecule has 2 aliphatic carbocycles. The van der Waals surface area contributed by atoms with Crippen LogP contribution >= 0.6 is 0 Å². The van der Waals surface area contributed by atoms with Gasteiger partial charge in [0.05, 0.1) is 6.10 Å². The van der Waals surface area contributed by atoms with Gasteiger partial charge in [0.2, 0.25) is 0 Å². The molecule has 0 aliphatic heterocycles. The summed E-state index contributed by atoms with van der Waals surface area (Å²) < 4.78 is 19.9. The highest BCUT2D eigenvalue weighted by molar-refractivity contribution is 5.37. The summed E-state index contributed by atoms with van der Waals surface area (Å²) in [5, 5.41) is 0. The number of rotatable bonds is 6. The van der Waals surface area contributed by atoms with Gasteiger partial charge in [-0.1, -0.05) is 31.1 Å². The molecule has 0 amide bonds. The quantitative estimate of drug-likeness (QED) is 0.641. The summed E-state index contributed by atoms with van der Waals surface area (Å²) >= 11 is 0. The van der Waals surface area contributed by atoms with Crippen LogP contribution in [-0.4, -0.2) is 6.10 Å². The van der Waals surface area contributed by atoms with Crippen molar-refractivity contribution in [1.29, 1.82) is 0 Å². The van der Waals surface area contributed by atoms with Crippen LogP contribution in [0, 0.1) is 18.7 Å². The Bertz CT molecular complexity index is 511. The van der Waals surface area contributed by atoms with Crippen LogP contribution in [0.4, 0.5) is 4.39 Å². The number of ether oxygens (including phenoxy) is 1. The van der Waals surface area contributed by atoms with Gasteiger partial charge in [0.25, 0.3) is 0 Å². The summed E-state index contributed by atoms with van der Waals surface area (Å²) in [7, 11) is 0. The average Bonchev–Trinajstić information content (AvgIpc) is 3.15. The minimum absolute atomic E-state index is 0.167. The predicted molar refractivity (Wildman–Crippen MR) is 84.2 cm³/mol. The van der Waals surface area contributed by atoms with Crippen molar-refractivity contribution in [3.05, 3.63) is 41.2 Å².